The van der Waals surface area contributed by atoms with Gasteiger partial charge in [-0.2, -0.15) is 0 Å². The van der Waals surface area contributed by atoms with Crippen molar-refractivity contribution in [2.24, 2.45) is 5.92 Å². The number of nitrogen functional groups attached to an aromatic ring is 1. The molecule has 1 fully saturated rings. The summed E-state index contributed by atoms with van der Waals surface area (Å²) in [6.45, 7) is 9.33. The minimum Gasteiger partial charge on any atom is -0.444 e. The van der Waals surface area contributed by atoms with Crippen LogP contribution in [0.25, 0.3) is 0 Å². The number of rotatable bonds is 3. The molecule has 1 amide bonds. The van der Waals surface area contributed by atoms with E-state index in [0.717, 1.165) is 5.56 Å². The van der Waals surface area contributed by atoms with Gasteiger partial charge in [0.25, 0.3) is 0 Å². The van der Waals surface area contributed by atoms with E-state index in [9.17, 15) is 9.90 Å². The van der Waals surface area contributed by atoms with Crippen LogP contribution in [0.2, 0.25) is 0 Å². The number of carbonyl (C=O) groups excluding carboxylic acids is 1. The fraction of sp³-hybridized carbons (Fsp3) is 0.667. The highest BCUT2D eigenvalue weighted by atomic mass is 16.6. The lowest BCUT2D eigenvalue weighted by atomic mass is 9.87. The molecule has 4 unspecified atom stereocenters. The molecule has 0 saturated carbocycles. The number of nitrogens with one attached hydrogen (secondary N) is 1. The maximum absolute atomic E-state index is 12.1. The Morgan fingerprint density at radius 1 is 1.48 bits per heavy atom. The van der Waals surface area contributed by atoms with Crippen molar-refractivity contribution in [2.75, 3.05) is 5.73 Å². The summed E-state index contributed by atoms with van der Waals surface area (Å²) in [7, 11) is 0. The first-order valence-corrected chi connectivity index (χ1v) is 8.61. The largest absolute Gasteiger partial charge is 0.444 e. The van der Waals surface area contributed by atoms with Gasteiger partial charge in [0.2, 0.25) is 0 Å². The molecule has 0 aliphatic carbocycles. The number of nitrogens with two attached hydrogens (primary N) is 1. The van der Waals surface area contributed by atoms with Crippen LogP contribution in [0.4, 0.5) is 10.5 Å². The van der Waals surface area contributed by atoms with E-state index in [1.165, 1.54) is 0 Å². The summed E-state index contributed by atoms with van der Waals surface area (Å²) in [6, 6.07) is 1.31. The van der Waals surface area contributed by atoms with Crippen molar-refractivity contribution in [1.82, 2.24) is 10.3 Å². The number of amides is 1. The van der Waals surface area contributed by atoms with Gasteiger partial charge in [0, 0.05) is 18.2 Å². The summed E-state index contributed by atoms with van der Waals surface area (Å²) < 4.78 is 11.4. The predicted molar refractivity (Wildman–Crippen MR) is 94.9 cm³/mol. The van der Waals surface area contributed by atoms with Crippen LogP contribution in [0.1, 0.15) is 52.7 Å². The van der Waals surface area contributed by atoms with Gasteiger partial charge in [-0.25, -0.2) is 4.79 Å². The van der Waals surface area contributed by atoms with Crippen LogP contribution in [0.15, 0.2) is 18.5 Å². The summed E-state index contributed by atoms with van der Waals surface area (Å²) >= 11 is 0. The van der Waals surface area contributed by atoms with Crippen LogP contribution in [0.3, 0.4) is 0 Å². The zero-order valence-electron chi connectivity index (χ0n) is 15.5. The van der Waals surface area contributed by atoms with Crippen LogP contribution in [0.5, 0.6) is 0 Å². The van der Waals surface area contributed by atoms with E-state index in [4.69, 9.17) is 15.2 Å². The Labute approximate surface area is 148 Å². The average molecular weight is 351 g/mol. The van der Waals surface area contributed by atoms with Crippen molar-refractivity contribution >= 4 is 11.8 Å². The number of pyridine rings is 1. The Balaban J connectivity index is 2.20. The first-order valence-electron chi connectivity index (χ1n) is 8.61. The van der Waals surface area contributed by atoms with Crippen molar-refractivity contribution in [3.05, 3.63) is 24.0 Å². The number of anilines is 1. The fourth-order valence-corrected chi connectivity index (χ4v) is 2.99. The zero-order chi connectivity index (χ0) is 18.8. The number of hydrogen-bond acceptors (Lipinski definition) is 6. The first-order chi connectivity index (χ1) is 11.6. The van der Waals surface area contributed by atoms with Crippen molar-refractivity contribution in [2.45, 2.75) is 71.0 Å². The van der Waals surface area contributed by atoms with Gasteiger partial charge in [0.1, 0.15) is 11.7 Å². The molecule has 2 heterocycles. The maximum Gasteiger partial charge on any atom is 0.407 e. The highest BCUT2D eigenvalue weighted by molar-refractivity contribution is 5.68. The van der Waals surface area contributed by atoms with E-state index < -0.39 is 29.9 Å². The van der Waals surface area contributed by atoms with Gasteiger partial charge in [-0.1, -0.05) is 13.8 Å². The highest BCUT2D eigenvalue weighted by Crippen LogP contribution is 2.36. The fourth-order valence-electron chi connectivity index (χ4n) is 2.99. The second kappa shape index (κ2) is 7.58. The molecule has 0 radical (unpaired) electrons. The Morgan fingerprint density at radius 3 is 2.72 bits per heavy atom. The van der Waals surface area contributed by atoms with Crippen LogP contribution >= 0.6 is 0 Å². The number of ether oxygens (including phenoxy) is 2. The predicted octanol–water partition coefficient (Wildman–Crippen LogP) is 2.40. The molecule has 1 aromatic rings. The molecule has 0 spiro atoms. The highest BCUT2D eigenvalue weighted by Gasteiger charge is 2.41. The van der Waals surface area contributed by atoms with E-state index >= 15 is 0 Å². The monoisotopic (exact) mass is 351 g/mol. The quantitative estimate of drug-likeness (QED) is 0.772. The van der Waals surface area contributed by atoms with E-state index in [1.807, 2.05) is 13.8 Å². The Morgan fingerprint density at radius 2 is 2.16 bits per heavy atom. The first kappa shape index (κ1) is 19.5. The van der Waals surface area contributed by atoms with Crippen LogP contribution in [-0.4, -0.2) is 40.0 Å². The van der Waals surface area contributed by atoms with Gasteiger partial charge in [-0.15, -0.1) is 0 Å². The number of aliphatic hydroxyl groups excluding tert-OH is 1. The molecule has 1 saturated heterocycles. The van der Waals surface area contributed by atoms with Crippen LogP contribution in [0, 0.1) is 5.92 Å². The molecular weight excluding hydrogens is 322 g/mol. The van der Waals surface area contributed by atoms with Crippen molar-refractivity contribution in [3.63, 3.8) is 0 Å². The van der Waals surface area contributed by atoms with Gasteiger partial charge in [0.05, 0.1) is 30.1 Å². The lowest BCUT2D eigenvalue weighted by Crippen LogP contribution is -2.55. The molecule has 4 atom stereocenters. The number of nitrogens with zero attached hydrogens (tertiary/aromatic N) is 1. The lowest BCUT2D eigenvalue weighted by molar-refractivity contribution is -0.150. The smallest absolute Gasteiger partial charge is 0.407 e. The van der Waals surface area contributed by atoms with E-state index in [2.05, 4.69) is 10.3 Å². The summed E-state index contributed by atoms with van der Waals surface area (Å²) in [6.07, 6.45) is 1.49. The number of aliphatic hydroxyl groups is 1. The van der Waals surface area contributed by atoms with Crippen molar-refractivity contribution < 1.29 is 19.4 Å². The summed E-state index contributed by atoms with van der Waals surface area (Å²) in [5.41, 5.74) is 6.75. The molecule has 140 valence electrons. The SMILES string of the molecule is CC(C)C1OC(c2ccncc2N)CC(NC(=O)OC(C)(C)C)C1O. The van der Waals surface area contributed by atoms with Gasteiger partial charge in [-0.3, -0.25) is 4.98 Å². The summed E-state index contributed by atoms with van der Waals surface area (Å²) in [4.78, 5) is 16.1. The van der Waals surface area contributed by atoms with Gasteiger partial charge < -0.3 is 25.6 Å². The van der Waals surface area contributed by atoms with Gasteiger partial charge in [-0.05, 0) is 32.8 Å². The molecule has 0 bridgehead atoms. The number of alkyl carbamates (subject to hydrolysis) is 1. The van der Waals surface area contributed by atoms with E-state index in [0.29, 0.717) is 12.1 Å². The normalized spacial score (nSPS) is 27.2. The molecule has 1 aromatic heterocycles. The van der Waals surface area contributed by atoms with Crippen LogP contribution < -0.4 is 11.1 Å². The third kappa shape index (κ3) is 5.06. The Hall–Kier alpha value is -1.86. The third-order valence-corrected chi connectivity index (χ3v) is 4.13. The molecule has 25 heavy (non-hydrogen) atoms. The molecule has 7 heteroatoms. The zero-order valence-corrected chi connectivity index (χ0v) is 15.5. The van der Waals surface area contributed by atoms with Crippen molar-refractivity contribution in [3.8, 4) is 0 Å². The second-order valence-corrected chi connectivity index (χ2v) is 7.82. The standard InChI is InChI=1S/C18H29N3O4/c1-10(2)16-15(22)13(21-17(23)25-18(3,4)5)8-14(24-16)11-6-7-20-9-12(11)19/h6-7,9-10,13-16,22H,8,19H2,1-5H3,(H,21,23). The molecule has 1 aliphatic rings. The molecular formula is C18H29N3O4. The molecule has 2 rings (SSSR count). The summed E-state index contributed by atoms with van der Waals surface area (Å²) in [5, 5.41) is 13.4. The van der Waals surface area contributed by atoms with E-state index in [-0.39, 0.29) is 12.0 Å². The molecule has 1 aliphatic heterocycles. The molecule has 0 aromatic carbocycles. The molecule has 4 N–H and O–H groups in total. The number of hydrogen-bond donors (Lipinski definition) is 3. The second-order valence-electron chi connectivity index (χ2n) is 7.82. The Kier molecular flexibility index (Phi) is 5.90. The van der Waals surface area contributed by atoms with Gasteiger partial charge in [0.15, 0.2) is 0 Å². The molecule has 7 nitrogen and oxygen atoms in total. The number of aromatic nitrogens is 1. The minimum atomic E-state index is -0.827. The third-order valence-electron chi connectivity index (χ3n) is 4.13. The number of carbonyl (C=O) groups is 1. The Bertz CT molecular complexity index is 600. The average Bonchev–Trinajstić information content (AvgIpc) is 2.47. The maximum atomic E-state index is 12.1. The topological polar surface area (TPSA) is 107 Å². The van der Waals surface area contributed by atoms with Crippen molar-refractivity contribution in [1.29, 1.82) is 0 Å². The van der Waals surface area contributed by atoms with Crippen LogP contribution in [-0.2, 0) is 9.47 Å². The minimum absolute atomic E-state index is 0.0730. The van der Waals surface area contributed by atoms with E-state index in [1.54, 1.807) is 39.2 Å². The van der Waals surface area contributed by atoms with Gasteiger partial charge >= 0.3 is 6.09 Å². The lowest BCUT2D eigenvalue weighted by Gasteiger charge is -2.42. The summed E-state index contributed by atoms with van der Waals surface area (Å²) in [5.74, 6) is 0.0730.